The Kier molecular flexibility index (Phi) is 4.28. The molecule has 0 aliphatic heterocycles. The van der Waals surface area contributed by atoms with Crippen molar-refractivity contribution in [3.05, 3.63) is 29.3 Å². The normalized spacial score (nSPS) is 16.0. The third kappa shape index (κ3) is 2.99. The van der Waals surface area contributed by atoms with Crippen LogP contribution < -0.4 is 5.32 Å². The Morgan fingerprint density at radius 1 is 1.37 bits per heavy atom. The second-order valence-electron chi connectivity index (χ2n) is 5.06. The van der Waals surface area contributed by atoms with E-state index in [1.54, 1.807) is 16.4 Å². The van der Waals surface area contributed by atoms with Crippen LogP contribution in [-0.2, 0) is 16.6 Å². The highest BCUT2D eigenvalue weighted by atomic mass is 32.2. The topological polar surface area (TPSA) is 49.4 Å². The highest BCUT2D eigenvalue weighted by Crippen LogP contribution is 2.32. The molecule has 0 amide bonds. The first kappa shape index (κ1) is 14.5. The molecular weight excluding hydrogens is 260 g/mol. The van der Waals surface area contributed by atoms with E-state index in [9.17, 15) is 8.42 Å². The average Bonchev–Trinajstić information content (AvgIpc) is 3.17. The van der Waals surface area contributed by atoms with E-state index in [0.29, 0.717) is 18.0 Å². The number of benzene rings is 1. The molecule has 0 aromatic heterocycles. The zero-order valence-electron chi connectivity index (χ0n) is 11.8. The first-order valence-corrected chi connectivity index (χ1v) is 8.20. The summed E-state index contributed by atoms with van der Waals surface area (Å²) in [5.41, 5.74) is 2.15. The number of nitrogens with zero attached hydrogens (tertiary/aromatic N) is 1. The lowest BCUT2D eigenvalue weighted by atomic mass is 10.1. The van der Waals surface area contributed by atoms with Gasteiger partial charge < -0.3 is 5.32 Å². The summed E-state index contributed by atoms with van der Waals surface area (Å²) in [5, 5.41) is 3.07. The highest BCUT2D eigenvalue weighted by Gasteiger charge is 2.36. The largest absolute Gasteiger partial charge is 0.316 e. The van der Waals surface area contributed by atoms with Gasteiger partial charge in [-0.3, -0.25) is 0 Å². The van der Waals surface area contributed by atoms with Gasteiger partial charge in [-0.2, -0.15) is 4.31 Å². The van der Waals surface area contributed by atoms with Crippen molar-refractivity contribution in [3.63, 3.8) is 0 Å². The zero-order chi connectivity index (χ0) is 14.0. The van der Waals surface area contributed by atoms with Crippen LogP contribution in [0, 0.1) is 6.92 Å². The van der Waals surface area contributed by atoms with Gasteiger partial charge in [-0.1, -0.05) is 13.0 Å². The van der Waals surface area contributed by atoms with Crippen molar-refractivity contribution < 1.29 is 8.42 Å². The van der Waals surface area contributed by atoms with E-state index in [0.717, 1.165) is 24.0 Å². The lowest BCUT2D eigenvalue weighted by molar-refractivity contribution is 0.421. The molecule has 0 atom stereocenters. The first-order valence-electron chi connectivity index (χ1n) is 6.76. The molecule has 106 valence electrons. The van der Waals surface area contributed by atoms with Gasteiger partial charge in [-0.15, -0.1) is 0 Å². The van der Waals surface area contributed by atoms with E-state index in [-0.39, 0.29) is 6.04 Å². The van der Waals surface area contributed by atoms with Crippen LogP contribution >= 0.6 is 0 Å². The third-order valence-corrected chi connectivity index (χ3v) is 5.58. The van der Waals surface area contributed by atoms with E-state index in [2.05, 4.69) is 5.32 Å². The van der Waals surface area contributed by atoms with Crippen LogP contribution in [0.4, 0.5) is 0 Å². The molecule has 0 heterocycles. The van der Waals surface area contributed by atoms with Gasteiger partial charge in [-0.05, 0) is 50.1 Å². The van der Waals surface area contributed by atoms with Crippen molar-refractivity contribution >= 4 is 10.0 Å². The second kappa shape index (κ2) is 5.61. The first-order chi connectivity index (χ1) is 9.00. The second-order valence-corrected chi connectivity index (χ2v) is 6.95. The quantitative estimate of drug-likeness (QED) is 0.867. The molecule has 1 aromatic rings. The Bertz CT molecular complexity index is 551. The number of rotatable bonds is 6. The van der Waals surface area contributed by atoms with E-state index in [1.165, 1.54) is 0 Å². The standard InChI is InChI=1S/C14H22N2O2S/c1-4-16(13-6-7-13)19(17,18)14-8-5-11(2)12(9-14)10-15-3/h5,8-9,13,15H,4,6-7,10H2,1-3H3. The Morgan fingerprint density at radius 3 is 2.58 bits per heavy atom. The van der Waals surface area contributed by atoms with Gasteiger partial charge in [0.25, 0.3) is 0 Å². The molecule has 1 aromatic carbocycles. The Morgan fingerprint density at radius 2 is 2.05 bits per heavy atom. The summed E-state index contributed by atoms with van der Waals surface area (Å²) in [6.07, 6.45) is 1.98. The van der Waals surface area contributed by atoms with Crippen LogP contribution in [0.3, 0.4) is 0 Å². The number of hydrogen-bond acceptors (Lipinski definition) is 3. The summed E-state index contributed by atoms with van der Waals surface area (Å²) < 4.78 is 26.9. The minimum absolute atomic E-state index is 0.212. The molecule has 0 saturated heterocycles. The Hall–Kier alpha value is -0.910. The molecule has 0 bridgehead atoms. The Labute approximate surface area is 115 Å². The minimum Gasteiger partial charge on any atom is -0.316 e. The fourth-order valence-electron chi connectivity index (χ4n) is 2.31. The molecule has 1 aliphatic rings. The molecule has 19 heavy (non-hydrogen) atoms. The number of nitrogens with one attached hydrogen (secondary N) is 1. The van der Waals surface area contributed by atoms with Crippen LogP contribution in [0.25, 0.3) is 0 Å². The molecule has 1 saturated carbocycles. The third-order valence-electron chi connectivity index (χ3n) is 3.56. The SMILES string of the molecule is CCN(C1CC1)S(=O)(=O)c1ccc(C)c(CNC)c1. The van der Waals surface area contributed by atoms with Crippen molar-refractivity contribution in [2.24, 2.45) is 0 Å². The van der Waals surface area contributed by atoms with Crippen molar-refractivity contribution in [2.45, 2.75) is 44.2 Å². The fourth-order valence-corrected chi connectivity index (χ4v) is 4.06. The molecule has 0 spiro atoms. The number of sulfonamides is 1. The molecule has 1 fully saturated rings. The smallest absolute Gasteiger partial charge is 0.243 e. The number of hydrogen-bond donors (Lipinski definition) is 1. The highest BCUT2D eigenvalue weighted by molar-refractivity contribution is 7.89. The summed E-state index contributed by atoms with van der Waals surface area (Å²) in [5.74, 6) is 0. The Balaban J connectivity index is 2.36. The van der Waals surface area contributed by atoms with Gasteiger partial charge in [0.05, 0.1) is 4.90 Å². The number of aryl methyl sites for hydroxylation is 1. The van der Waals surface area contributed by atoms with Crippen molar-refractivity contribution in [1.29, 1.82) is 0 Å². The monoisotopic (exact) mass is 282 g/mol. The van der Waals surface area contributed by atoms with Crippen LogP contribution in [0.1, 0.15) is 30.9 Å². The van der Waals surface area contributed by atoms with Gasteiger partial charge in [0, 0.05) is 19.1 Å². The molecule has 0 radical (unpaired) electrons. The molecule has 0 unspecified atom stereocenters. The summed E-state index contributed by atoms with van der Waals surface area (Å²) in [6, 6.07) is 5.62. The van der Waals surface area contributed by atoms with Crippen molar-refractivity contribution in [2.75, 3.05) is 13.6 Å². The zero-order valence-corrected chi connectivity index (χ0v) is 12.6. The summed E-state index contributed by atoms with van der Waals surface area (Å²) in [6.45, 7) is 5.13. The van der Waals surface area contributed by atoms with Gasteiger partial charge >= 0.3 is 0 Å². The maximum Gasteiger partial charge on any atom is 0.243 e. The lowest BCUT2D eigenvalue weighted by Crippen LogP contribution is -2.33. The molecule has 2 rings (SSSR count). The van der Waals surface area contributed by atoms with Gasteiger partial charge in [-0.25, -0.2) is 8.42 Å². The summed E-state index contributed by atoms with van der Waals surface area (Å²) in [7, 11) is -1.48. The minimum atomic E-state index is -3.34. The maximum absolute atomic E-state index is 12.6. The van der Waals surface area contributed by atoms with Crippen LogP contribution in [0.5, 0.6) is 0 Å². The van der Waals surface area contributed by atoms with Gasteiger partial charge in [0.1, 0.15) is 0 Å². The van der Waals surface area contributed by atoms with Gasteiger partial charge in [0.2, 0.25) is 10.0 Å². The molecule has 4 nitrogen and oxygen atoms in total. The van der Waals surface area contributed by atoms with Gasteiger partial charge in [0.15, 0.2) is 0 Å². The van der Waals surface area contributed by atoms with E-state index in [4.69, 9.17) is 0 Å². The van der Waals surface area contributed by atoms with E-state index < -0.39 is 10.0 Å². The van der Waals surface area contributed by atoms with Crippen molar-refractivity contribution in [3.8, 4) is 0 Å². The van der Waals surface area contributed by atoms with Crippen LogP contribution in [0.2, 0.25) is 0 Å². The summed E-state index contributed by atoms with van der Waals surface area (Å²) >= 11 is 0. The summed E-state index contributed by atoms with van der Waals surface area (Å²) in [4.78, 5) is 0.414. The predicted molar refractivity (Wildman–Crippen MR) is 76.5 cm³/mol. The molecular formula is C14H22N2O2S. The van der Waals surface area contributed by atoms with Crippen LogP contribution in [0.15, 0.2) is 23.1 Å². The molecule has 5 heteroatoms. The maximum atomic E-state index is 12.6. The average molecular weight is 282 g/mol. The molecule has 1 N–H and O–H groups in total. The molecule has 1 aliphatic carbocycles. The fraction of sp³-hybridized carbons (Fsp3) is 0.571. The van der Waals surface area contributed by atoms with E-state index >= 15 is 0 Å². The predicted octanol–water partition coefficient (Wildman–Crippen LogP) is 1.89. The van der Waals surface area contributed by atoms with Crippen molar-refractivity contribution in [1.82, 2.24) is 9.62 Å². The van der Waals surface area contributed by atoms with Crippen LogP contribution in [-0.4, -0.2) is 32.4 Å². The lowest BCUT2D eigenvalue weighted by Gasteiger charge is -2.20. The van der Waals surface area contributed by atoms with E-state index in [1.807, 2.05) is 27.0 Å².